The van der Waals surface area contributed by atoms with Gasteiger partial charge in [0.05, 0.1) is 44.1 Å². The van der Waals surface area contributed by atoms with Crippen LogP contribution in [0.1, 0.15) is 259 Å². The second-order valence-electron chi connectivity index (χ2n) is 30.6. The van der Waals surface area contributed by atoms with Crippen LogP contribution < -0.4 is 21.3 Å². The predicted molar refractivity (Wildman–Crippen MR) is 430 cm³/mol. The zero-order valence-corrected chi connectivity index (χ0v) is 61.8. The van der Waals surface area contributed by atoms with E-state index in [9.17, 15) is 53.7 Å². The Hall–Kier alpha value is -7.80. The normalized spacial score (nSPS) is 19.0. The molecule has 2 fully saturated rings. The smallest absolute Gasteiger partial charge is 0.328 e. The lowest BCUT2D eigenvalue weighted by Crippen LogP contribution is -2.51. The van der Waals surface area contributed by atoms with Crippen molar-refractivity contribution in [3.63, 3.8) is 0 Å². The highest BCUT2D eigenvalue weighted by Gasteiger charge is 2.60. The molecule has 21 heteroatoms. The Labute approximate surface area is 649 Å². The number of rotatable bonds is 16. The molecule has 2 saturated carbocycles. The van der Waals surface area contributed by atoms with Crippen LogP contribution >= 0.6 is 34.8 Å². The standard InChI is InChI=1S/C35H47ClN2O6.C30H37ClN2O6.C10H13ClO.CH2O.CH4.37H/c1-32(2,3)22-13-16-24(26(36)20-22)28(39)37-23-14-11-21(12-15-23)19-27(30(41)43-10)38-29(40)25-17-18-35(9,34(25,7)8)31(42)44-33(4,5)6;1-28(2,3)18-9-12-20(22(31)16-18)24(34)32-19-10-7-17(8-11-19)15-23(26(36)37)33-25(35)21-13-14-30(6,27(38)39)29(21,4)5;1-10(2,3)7-4-5-9(12)8(11)6-7;1-2;;;;;;;;;;;;;;;;;;;;;;;;;;;;;;;;;;;;;;/h11-16,20,25,27H,17-19H2,1-10H3,(H,37,39)(H,38,40);7-12,16,21,23H,13-15H2,1-6H3,(H,32,34)(H,33,35)(H,36,37)(H,38,39);4-6,12H,1-3H3;1H2;1H4;;;;;;;;;;;;;;;;;;;;;;;;;;;;;;;;;;;;;/q;;;;;37*-1/t25-,27+,35+;21-,23+,30+;;;;;;;;;;;;;;;;;;;;;;;;;;;;;;;;;;;;;;;;/m11......................................../s1. The Morgan fingerprint density at radius 2 is 0.888 bits per heavy atom. The SMILES string of the molecule is C.C=O.CC(C)(C)c1ccc(C(=O)Nc2ccc(C[C@H](NC(=O)[C@H]3CC[C@@](C)(C(=O)O)C3(C)C)C(=O)O)cc2)c(Cl)c1.CC(C)(C)c1ccc(O)c(Cl)c1.COC(=O)[C@H](Cc1ccc(NC(=O)c2ccc(C(C)(C)C)cc2Cl)cc1)NC(=O)[C@H]1CC[C@@](C)(C(=O)OC(C)(C)C)C1(C)C.[H-].[H-].[H-].[H-].[H-].[H-].[H-].[H-].[H-].[H-].[H-].[H-].[H-].[H-].[H-].[H-].[H-].[H-].[H-].[H-].[H-].[H-].[H-].[H-].[H-].[H-].[H-].[H-].[H-].[H-].[H-].[H-].[H-].[H-].[H-].[H-].[H-]. The maximum Gasteiger partial charge on any atom is 0.328 e. The molecule has 5 aromatic rings. The Kier molecular flexibility index (Phi) is 28.7. The Balaban J connectivity index is -0.0000000314. The van der Waals surface area contributed by atoms with E-state index in [1.54, 1.807) is 99.6 Å². The fraction of sp³-hybridized carbons (Fsp3) is 0.494. The van der Waals surface area contributed by atoms with Gasteiger partial charge < -0.3 is 104 Å². The number of phenolic OH excluding ortho intramolecular Hbond substituents is 1. The Morgan fingerprint density at radius 3 is 1.21 bits per heavy atom. The molecule has 0 aliphatic heterocycles. The van der Waals surface area contributed by atoms with Gasteiger partial charge in [-0.05, 0) is 176 Å². The predicted octanol–water partition coefficient (Wildman–Crippen LogP) is 20.4. The molecule has 0 radical (unpaired) electrons. The van der Waals surface area contributed by atoms with Crippen LogP contribution in [0.25, 0.3) is 0 Å². The maximum atomic E-state index is 13.6. The molecule has 0 saturated heterocycles. The first-order valence-corrected chi connectivity index (χ1v) is 33.3. The quantitative estimate of drug-likeness (QED) is 0.0453. The van der Waals surface area contributed by atoms with Crippen molar-refractivity contribution in [2.24, 2.45) is 33.5 Å². The van der Waals surface area contributed by atoms with Gasteiger partial charge >= 0.3 is 23.9 Å². The van der Waals surface area contributed by atoms with Gasteiger partial charge in [-0.1, -0.05) is 175 Å². The number of carboxylic acids is 2. The minimum absolute atomic E-state index is 0. The van der Waals surface area contributed by atoms with Gasteiger partial charge in [0.2, 0.25) is 11.8 Å². The molecular formula is C77H140Cl3N4O14-37. The molecule has 98 heavy (non-hydrogen) atoms. The molecule has 2 aliphatic carbocycles. The number of methoxy groups -OCH3 is 1. The molecule has 6 atom stereocenters. The monoisotopic (exact) mass is 1450 g/mol. The maximum absolute atomic E-state index is 13.6. The molecule has 2 aliphatic rings. The minimum Gasteiger partial charge on any atom is -1.00 e. The summed E-state index contributed by atoms with van der Waals surface area (Å²) in [4.78, 5) is 110. The minimum atomic E-state index is -1.19. The van der Waals surface area contributed by atoms with E-state index in [0.29, 0.717) is 68.8 Å². The molecule has 4 amide bonds. The first-order valence-electron chi connectivity index (χ1n) is 32.1. The number of carbonyl (C=O) groups excluding carboxylic acids is 7. The number of aromatic hydroxyl groups is 1. The lowest BCUT2D eigenvalue weighted by atomic mass is 9.65. The third kappa shape index (κ3) is 21.1. The van der Waals surface area contributed by atoms with Crippen LogP contribution in [0.2, 0.25) is 15.1 Å². The van der Waals surface area contributed by atoms with Crippen LogP contribution in [0, 0.1) is 33.5 Å². The lowest BCUT2D eigenvalue weighted by Gasteiger charge is -2.40. The summed E-state index contributed by atoms with van der Waals surface area (Å²) in [7, 11) is 1.28. The molecule has 610 valence electrons. The molecule has 0 bridgehead atoms. The highest BCUT2D eigenvalue weighted by molar-refractivity contribution is 6.35. The number of hydrogen-bond donors (Lipinski definition) is 7. The number of carbonyl (C=O) groups is 9. The first-order chi connectivity index (χ1) is 44.6. The van der Waals surface area contributed by atoms with E-state index >= 15 is 0 Å². The van der Waals surface area contributed by atoms with Gasteiger partial charge in [-0.25, -0.2) is 9.59 Å². The van der Waals surface area contributed by atoms with E-state index in [0.717, 1.165) is 22.3 Å². The first kappa shape index (κ1) is 84.4. The van der Waals surface area contributed by atoms with Crippen molar-refractivity contribution in [3.05, 3.63) is 157 Å². The van der Waals surface area contributed by atoms with Crippen LogP contribution in [-0.2, 0) is 72.1 Å². The van der Waals surface area contributed by atoms with Gasteiger partial charge in [0, 0.05) is 36.1 Å². The largest absolute Gasteiger partial charge is 1.00 e. The summed E-state index contributed by atoms with van der Waals surface area (Å²) in [5.74, 6) is -5.51. The summed E-state index contributed by atoms with van der Waals surface area (Å²) >= 11 is 18.6. The number of esters is 2. The summed E-state index contributed by atoms with van der Waals surface area (Å²) in [5.41, 5.74) is 2.11. The van der Waals surface area contributed by atoms with Gasteiger partial charge in [0.25, 0.3) is 11.8 Å². The van der Waals surface area contributed by atoms with E-state index in [1.807, 2.05) is 72.6 Å². The second-order valence-corrected chi connectivity index (χ2v) is 31.8. The number of benzene rings is 5. The van der Waals surface area contributed by atoms with Crippen LogP contribution in [-0.4, -0.2) is 94.4 Å². The highest BCUT2D eigenvalue weighted by Crippen LogP contribution is 2.58. The number of amides is 4. The zero-order valence-electron chi connectivity index (χ0n) is 96.5. The van der Waals surface area contributed by atoms with Crippen LogP contribution in [0.5, 0.6) is 5.75 Å². The number of nitrogens with one attached hydrogen (secondary N) is 4. The average Bonchev–Trinajstić information content (AvgIpc) is 1.60. The number of halogens is 3. The second kappa shape index (κ2) is 33.4. The van der Waals surface area contributed by atoms with E-state index < -0.39 is 75.0 Å². The van der Waals surface area contributed by atoms with Gasteiger partial charge in [-0.3, -0.25) is 28.8 Å². The molecule has 0 aromatic heterocycles. The number of ether oxygens (including phenoxy) is 2. The molecule has 0 heterocycles. The molecule has 7 N–H and O–H groups in total. The summed E-state index contributed by atoms with van der Waals surface area (Å²) < 4.78 is 10.7. The fourth-order valence-electron chi connectivity index (χ4n) is 11.8. The van der Waals surface area contributed by atoms with Crippen molar-refractivity contribution >= 4 is 100 Å². The van der Waals surface area contributed by atoms with Crippen molar-refractivity contribution in [1.29, 1.82) is 0 Å². The molecular weight excluding hydrogens is 1310 g/mol. The number of carboxylic acid groups (broad SMARTS) is 2. The number of aliphatic carboxylic acids is 2. The summed E-state index contributed by atoms with van der Waals surface area (Å²) in [6, 6.07) is 27.7. The highest BCUT2D eigenvalue weighted by atomic mass is 35.5. The van der Waals surface area contributed by atoms with Crippen LogP contribution in [0.4, 0.5) is 11.4 Å². The van der Waals surface area contributed by atoms with Crippen molar-refractivity contribution in [1.82, 2.24) is 10.6 Å². The van der Waals surface area contributed by atoms with Crippen molar-refractivity contribution in [3.8, 4) is 5.75 Å². The Bertz CT molecular complexity index is 3790. The lowest BCUT2D eigenvalue weighted by molar-refractivity contribution is -0.173. The van der Waals surface area contributed by atoms with Crippen LogP contribution in [0.15, 0.2) is 103 Å². The molecule has 5 aromatic carbocycles. The average molecular weight is 1450 g/mol. The Morgan fingerprint density at radius 1 is 0.541 bits per heavy atom. The van der Waals surface area contributed by atoms with E-state index in [4.69, 9.17) is 49.1 Å². The van der Waals surface area contributed by atoms with E-state index in [1.165, 1.54) is 7.11 Å². The number of anilines is 2. The summed E-state index contributed by atoms with van der Waals surface area (Å²) in [6.07, 6.45) is 1.90. The third-order valence-corrected chi connectivity index (χ3v) is 20.0. The van der Waals surface area contributed by atoms with E-state index in [2.05, 4.69) is 83.6 Å². The van der Waals surface area contributed by atoms with Crippen molar-refractivity contribution in [2.45, 2.75) is 205 Å². The third-order valence-electron chi connectivity index (χ3n) is 19.1. The molecule has 7 rings (SSSR count). The fourth-order valence-corrected chi connectivity index (χ4v) is 12.5. The zero-order chi connectivity index (χ0) is 73.9. The summed E-state index contributed by atoms with van der Waals surface area (Å²) in [6.45, 7) is 37.0. The molecule has 0 spiro atoms. The molecule has 18 nitrogen and oxygen atoms in total. The van der Waals surface area contributed by atoms with Gasteiger partial charge in [-0.2, -0.15) is 0 Å². The van der Waals surface area contributed by atoms with Crippen molar-refractivity contribution in [2.75, 3.05) is 17.7 Å². The van der Waals surface area contributed by atoms with E-state index in [-0.39, 0.29) is 119 Å². The molecule has 0 unspecified atom stereocenters. The van der Waals surface area contributed by atoms with Gasteiger partial charge in [-0.15, -0.1) is 0 Å². The number of phenols is 1. The van der Waals surface area contributed by atoms with Crippen LogP contribution in [0.3, 0.4) is 0 Å². The van der Waals surface area contributed by atoms with Gasteiger partial charge in [0.1, 0.15) is 30.2 Å². The van der Waals surface area contributed by atoms with Gasteiger partial charge in [0.15, 0.2) is 0 Å². The topological polar surface area (TPSA) is 281 Å². The summed E-state index contributed by atoms with van der Waals surface area (Å²) in [5, 5.41) is 40.9. The van der Waals surface area contributed by atoms with Crippen molar-refractivity contribution < 1.29 is 121 Å². The number of hydrogen-bond acceptors (Lipinski definition) is 12.